The Bertz CT molecular complexity index is 233. The molecule has 1 saturated heterocycles. The number of terminal acetylenes is 1. The summed E-state index contributed by atoms with van der Waals surface area (Å²) >= 11 is 1.37. The van der Waals surface area contributed by atoms with Crippen LogP contribution in [0.3, 0.4) is 0 Å². The van der Waals surface area contributed by atoms with Crippen molar-refractivity contribution in [2.75, 3.05) is 13.3 Å². The zero-order valence-electron chi connectivity index (χ0n) is 6.61. The molecular weight excluding hydrogens is 179 g/mol. The summed E-state index contributed by atoms with van der Waals surface area (Å²) in [4.78, 5) is 0. The Morgan fingerprint density at radius 3 is 2.91 bits per heavy atom. The lowest BCUT2D eigenvalue weighted by Crippen LogP contribution is -2.21. The first-order valence-electron chi connectivity index (χ1n) is 3.42. The van der Waals surface area contributed by atoms with E-state index in [0.29, 0.717) is 6.61 Å². The van der Waals surface area contributed by atoms with Gasteiger partial charge >= 0.3 is 0 Å². The van der Waals surface area contributed by atoms with E-state index in [1.807, 2.05) is 6.92 Å². The first-order valence-corrected chi connectivity index (χ1v) is 6.97. The Morgan fingerprint density at radius 2 is 2.45 bits per heavy atom. The SMILES string of the molecule is C#CC1COP(C)(=O)SC1C. The molecule has 1 aliphatic heterocycles. The van der Waals surface area contributed by atoms with Gasteiger partial charge in [-0.15, -0.1) is 6.42 Å². The van der Waals surface area contributed by atoms with Crippen molar-refractivity contribution < 1.29 is 9.09 Å². The highest BCUT2D eigenvalue weighted by Crippen LogP contribution is 2.62. The first kappa shape index (κ1) is 9.19. The van der Waals surface area contributed by atoms with Crippen LogP contribution < -0.4 is 0 Å². The fraction of sp³-hybridized carbons (Fsp3) is 0.714. The van der Waals surface area contributed by atoms with E-state index in [9.17, 15) is 4.57 Å². The summed E-state index contributed by atoms with van der Waals surface area (Å²) in [6.07, 6.45) is 5.25. The van der Waals surface area contributed by atoms with Gasteiger partial charge in [0, 0.05) is 11.9 Å². The van der Waals surface area contributed by atoms with Gasteiger partial charge in [-0.05, 0) is 0 Å². The second-order valence-electron chi connectivity index (χ2n) is 2.65. The van der Waals surface area contributed by atoms with Crippen molar-refractivity contribution in [3.05, 3.63) is 0 Å². The van der Waals surface area contributed by atoms with Crippen molar-refractivity contribution in [1.82, 2.24) is 0 Å². The zero-order chi connectivity index (χ0) is 8.48. The second kappa shape index (κ2) is 3.23. The molecule has 0 saturated carbocycles. The smallest absolute Gasteiger partial charge is 0.255 e. The minimum absolute atomic E-state index is 0.113. The van der Waals surface area contributed by atoms with Crippen molar-refractivity contribution in [3.8, 4) is 12.3 Å². The van der Waals surface area contributed by atoms with Gasteiger partial charge in [0.1, 0.15) is 0 Å². The van der Waals surface area contributed by atoms with E-state index in [2.05, 4.69) is 5.92 Å². The highest BCUT2D eigenvalue weighted by molar-refractivity contribution is 8.56. The molecule has 0 aromatic heterocycles. The third-order valence-electron chi connectivity index (χ3n) is 1.63. The Labute approximate surface area is 71.3 Å². The molecule has 3 atom stereocenters. The van der Waals surface area contributed by atoms with Crippen LogP contribution in [-0.4, -0.2) is 18.5 Å². The van der Waals surface area contributed by atoms with Crippen LogP contribution in [0, 0.1) is 18.3 Å². The maximum Gasteiger partial charge on any atom is 0.255 e. The summed E-state index contributed by atoms with van der Waals surface area (Å²) in [5.74, 6) is 2.74. The van der Waals surface area contributed by atoms with Gasteiger partial charge in [-0.1, -0.05) is 24.2 Å². The number of hydrogen-bond acceptors (Lipinski definition) is 3. The van der Waals surface area contributed by atoms with E-state index in [-0.39, 0.29) is 11.2 Å². The lowest BCUT2D eigenvalue weighted by Gasteiger charge is -2.28. The van der Waals surface area contributed by atoms with E-state index in [0.717, 1.165) is 0 Å². The van der Waals surface area contributed by atoms with Crippen molar-refractivity contribution in [1.29, 1.82) is 0 Å². The molecule has 0 N–H and O–H groups in total. The third-order valence-corrected chi connectivity index (χ3v) is 5.75. The van der Waals surface area contributed by atoms with Crippen LogP contribution in [0.2, 0.25) is 0 Å². The second-order valence-corrected chi connectivity index (χ2v) is 8.03. The highest BCUT2D eigenvalue weighted by atomic mass is 32.7. The van der Waals surface area contributed by atoms with E-state index < -0.39 is 6.57 Å². The summed E-state index contributed by atoms with van der Waals surface area (Å²) in [6.45, 7) is 1.70. The summed E-state index contributed by atoms with van der Waals surface area (Å²) in [5, 5.41) is 0.254. The standard InChI is InChI=1S/C7H11O2PS/c1-4-7-5-9-10(3,8)11-6(7)2/h1,6-7H,5H2,2-3H3. The molecule has 1 fully saturated rings. The Kier molecular flexibility index (Phi) is 2.70. The van der Waals surface area contributed by atoms with Crippen LogP contribution in [0.4, 0.5) is 0 Å². The molecule has 0 bridgehead atoms. The van der Waals surface area contributed by atoms with Gasteiger partial charge in [-0.25, -0.2) is 0 Å². The maximum atomic E-state index is 11.4. The topological polar surface area (TPSA) is 26.3 Å². The maximum absolute atomic E-state index is 11.4. The van der Waals surface area contributed by atoms with Gasteiger partial charge in [0.15, 0.2) is 0 Å². The molecule has 0 radical (unpaired) electrons. The Hall–Kier alpha value is 0.100. The minimum atomic E-state index is -2.37. The first-order chi connectivity index (χ1) is 5.05. The van der Waals surface area contributed by atoms with Gasteiger partial charge in [0.25, 0.3) is 6.57 Å². The molecule has 0 aliphatic carbocycles. The van der Waals surface area contributed by atoms with Crippen LogP contribution >= 0.6 is 18.0 Å². The predicted molar refractivity (Wildman–Crippen MR) is 48.9 cm³/mol. The van der Waals surface area contributed by atoms with Gasteiger partial charge in [0.05, 0.1) is 12.5 Å². The normalized spacial score (nSPS) is 44.8. The average molecular weight is 190 g/mol. The molecule has 11 heavy (non-hydrogen) atoms. The largest absolute Gasteiger partial charge is 0.320 e. The fourth-order valence-corrected chi connectivity index (χ4v) is 4.96. The van der Waals surface area contributed by atoms with Gasteiger partial charge in [0.2, 0.25) is 0 Å². The van der Waals surface area contributed by atoms with E-state index >= 15 is 0 Å². The molecule has 0 amide bonds. The predicted octanol–water partition coefficient (Wildman–Crippen LogP) is 2.21. The number of rotatable bonds is 0. The monoisotopic (exact) mass is 190 g/mol. The summed E-state index contributed by atoms with van der Waals surface area (Å²) in [6, 6.07) is 0. The molecule has 1 rings (SSSR count). The van der Waals surface area contributed by atoms with Crippen LogP contribution in [0.15, 0.2) is 0 Å². The molecule has 4 heteroatoms. The average Bonchev–Trinajstić information content (AvgIpc) is 1.86. The molecule has 0 aromatic rings. The molecule has 2 nitrogen and oxygen atoms in total. The number of hydrogen-bond donors (Lipinski definition) is 0. The van der Waals surface area contributed by atoms with Crippen molar-refractivity contribution in [2.45, 2.75) is 12.2 Å². The zero-order valence-corrected chi connectivity index (χ0v) is 8.32. The molecule has 62 valence electrons. The lowest BCUT2D eigenvalue weighted by atomic mass is 10.1. The van der Waals surface area contributed by atoms with E-state index in [4.69, 9.17) is 10.9 Å². The third kappa shape index (κ3) is 2.27. The van der Waals surface area contributed by atoms with E-state index in [1.54, 1.807) is 6.66 Å². The Balaban J connectivity index is 2.64. The van der Waals surface area contributed by atoms with Crippen LogP contribution in [-0.2, 0) is 9.09 Å². The van der Waals surface area contributed by atoms with Crippen molar-refractivity contribution >= 4 is 18.0 Å². The quantitative estimate of drug-likeness (QED) is 0.432. The molecule has 0 aromatic carbocycles. The van der Waals surface area contributed by atoms with Gasteiger partial charge in [-0.3, -0.25) is 4.57 Å². The lowest BCUT2D eigenvalue weighted by molar-refractivity contribution is 0.284. The molecular formula is C7H11O2PS. The van der Waals surface area contributed by atoms with E-state index in [1.165, 1.54) is 11.4 Å². The van der Waals surface area contributed by atoms with Crippen molar-refractivity contribution in [3.63, 3.8) is 0 Å². The molecule has 3 unspecified atom stereocenters. The molecule has 1 aliphatic rings. The minimum Gasteiger partial charge on any atom is -0.320 e. The summed E-state index contributed by atoms with van der Waals surface area (Å²) in [7, 11) is 0. The summed E-state index contributed by atoms with van der Waals surface area (Å²) in [5.41, 5.74) is 0. The van der Waals surface area contributed by atoms with Crippen LogP contribution in [0.1, 0.15) is 6.92 Å². The molecule has 0 spiro atoms. The molecule has 1 heterocycles. The fourth-order valence-electron chi connectivity index (χ4n) is 0.941. The summed E-state index contributed by atoms with van der Waals surface area (Å²) < 4.78 is 16.5. The van der Waals surface area contributed by atoms with Crippen molar-refractivity contribution in [2.24, 2.45) is 5.92 Å². The van der Waals surface area contributed by atoms with Gasteiger partial charge in [-0.2, -0.15) is 0 Å². The van der Waals surface area contributed by atoms with Crippen LogP contribution in [0.5, 0.6) is 0 Å². The van der Waals surface area contributed by atoms with Crippen LogP contribution in [0.25, 0.3) is 0 Å². The highest BCUT2D eigenvalue weighted by Gasteiger charge is 2.32. The Morgan fingerprint density at radius 1 is 1.82 bits per heavy atom. The van der Waals surface area contributed by atoms with Gasteiger partial charge < -0.3 is 4.52 Å².